The normalized spacial score (nSPS) is 20.6. The first-order chi connectivity index (χ1) is 37.1. The highest BCUT2D eigenvalue weighted by Gasteiger charge is 2.59. The lowest BCUT2D eigenvalue weighted by Crippen LogP contribution is -2.54. The number of benzene rings is 3. The first kappa shape index (κ1) is 51.9. The molecule has 22 heteroatoms. The van der Waals surface area contributed by atoms with Crippen molar-refractivity contribution in [3.8, 4) is 0 Å². The van der Waals surface area contributed by atoms with E-state index in [4.69, 9.17) is 28.4 Å². The standard InChI is InChI=1S/C54H57N9O13/c64-44-14-13-43(50(66)58-44)63-51(67)40-4-2-5-41(47(40)54(63)70)55-17-18-71-19-20-72-21-22-73-23-24-74-25-26-75-27-28-76-32-37-31-61(60-59-37)30-36-15-16-56-48-39(36)3-1-6-42(48)57-49(65)33-9-11-38(12-10-33)62-52(68)45-34-7-8-35(29-34)46(45)53(62)69/h1-12,15-16,31,34-35,43,45-46,55H,13-14,17-30,32H2,(H,57,65)(H,58,64,66)/t34-,35?,43?,45-,46+/m0/s1. The van der Waals surface area contributed by atoms with Crippen molar-refractivity contribution >= 4 is 69.3 Å². The minimum absolute atomic E-state index is 0.0533. The molecule has 5 atom stereocenters. The number of piperidine rings is 1. The fraction of sp³-hybridized carbons (Fsp3) is 0.407. The Hall–Kier alpha value is -7.60. The lowest BCUT2D eigenvalue weighted by atomic mass is 9.85. The number of anilines is 3. The Morgan fingerprint density at radius 2 is 1.33 bits per heavy atom. The van der Waals surface area contributed by atoms with Crippen LogP contribution in [0.1, 0.15) is 61.6 Å². The number of hydrogen-bond donors (Lipinski definition) is 3. The first-order valence-corrected chi connectivity index (χ1v) is 25.4. The highest BCUT2D eigenvalue weighted by atomic mass is 16.6. The Morgan fingerprint density at radius 1 is 0.697 bits per heavy atom. The van der Waals surface area contributed by atoms with E-state index in [2.05, 4.69) is 43.4 Å². The fourth-order valence-electron chi connectivity index (χ4n) is 10.4. The van der Waals surface area contributed by atoms with E-state index >= 15 is 0 Å². The summed E-state index contributed by atoms with van der Waals surface area (Å²) in [7, 11) is 0. The van der Waals surface area contributed by atoms with Crippen molar-refractivity contribution in [2.75, 3.05) is 94.8 Å². The second-order valence-corrected chi connectivity index (χ2v) is 18.8. The maximum absolute atomic E-state index is 13.4. The van der Waals surface area contributed by atoms with Crippen LogP contribution in [0.2, 0.25) is 0 Å². The SMILES string of the molecule is O=C1CCC(N2C(=O)c3cccc(NCCOCCOCCOCCOCCOCCOCc4cn(Cc5ccnc6c(NC(=O)c7ccc(N8C(=O)[C@@H]9[C@H](C8=O)C8C=C[C@H]9C8)cc7)cccc56)nn4)c3C2=O)C(=O)N1. The van der Waals surface area contributed by atoms with Gasteiger partial charge < -0.3 is 39.1 Å². The minimum Gasteiger partial charge on any atom is -0.382 e. The van der Waals surface area contributed by atoms with Gasteiger partial charge in [-0.05, 0) is 78.8 Å². The highest BCUT2D eigenvalue weighted by molar-refractivity contribution is 6.26. The molecule has 1 saturated carbocycles. The Labute approximate surface area is 436 Å². The topological polar surface area (TPSA) is 261 Å². The Balaban J connectivity index is 0.544. The molecule has 5 aromatic rings. The van der Waals surface area contributed by atoms with Crippen molar-refractivity contribution in [1.29, 1.82) is 0 Å². The van der Waals surface area contributed by atoms with Crippen LogP contribution in [-0.2, 0) is 60.8 Å². The van der Waals surface area contributed by atoms with E-state index in [-0.39, 0.29) is 72.0 Å². The molecule has 396 valence electrons. The molecule has 2 unspecified atom stereocenters. The van der Waals surface area contributed by atoms with Gasteiger partial charge in [-0.15, -0.1) is 5.10 Å². The number of para-hydroxylation sites is 1. The highest BCUT2D eigenvalue weighted by Crippen LogP contribution is 2.53. The number of hydrogen-bond acceptors (Lipinski definition) is 17. The molecule has 3 aliphatic heterocycles. The van der Waals surface area contributed by atoms with Gasteiger partial charge in [-0.25, -0.2) is 4.68 Å². The third-order valence-corrected chi connectivity index (χ3v) is 14.0. The number of carbonyl (C=O) groups is 7. The lowest BCUT2D eigenvalue weighted by Gasteiger charge is -2.27. The number of rotatable bonds is 27. The molecule has 5 heterocycles. The van der Waals surface area contributed by atoms with Crippen LogP contribution in [0.3, 0.4) is 0 Å². The molecule has 22 nitrogen and oxygen atoms in total. The van der Waals surface area contributed by atoms with E-state index in [1.54, 1.807) is 59.4 Å². The van der Waals surface area contributed by atoms with Gasteiger partial charge in [0, 0.05) is 35.8 Å². The first-order valence-electron chi connectivity index (χ1n) is 25.4. The number of amides is 7. The summed E-state index contributed by atoms with van der Waals surface area (Å²) in [6.07, 6.45) is 8.64. The Bertz CT molecular complexity index is 3010. The monoisotopic (exact) mass is 1040 g/mol. The Kier molecular flexibility index (Phi) is 16.3. The predicted molar refractivity (Wildman–Crippen MR) is 271 cm³/mol. The van der Waals surface area contributed by atoms with Crippen LogP contribution in [0.25, 0.3) is 10.9 Å². The van der Waals surface area contributed by atoms with Crippen molar-refractivity contribution in [2.45, 2.75) is 38.5 Å². The zero-order valence-electron chi connectivity index (χ0n) is 41.6. The lowest BCUT2D eigenvalue weighted by molar-refractivity contribution is -0.136. The second kappa shape index (κ2) is 23.9. The number of allylic oxidation sites excluding steroid dienone is 2. The molecule has 3 aromatic carbocycles. The van der Waals surface area contributed by atoms with Crippen molar-refractivity contribution in [3.05, 3.63) is 119 Å². The van der Waals surface area contributed by atoms with Gasteiger partial charge >= 0.3 is 0 Å². The van der Waals surface area contributed by atoms with Crippen LogP contribution in [0.4, 0.5) is 17.1 Å². The number of carbonyl (C=O) groups excluding carboxylic acids is 7. The smallest absolute Gasteiger partial charge is 0.264 e. The molecule has 0 spiro atoms. The van der Waals surface area contributed by atoms with Gasteiger partial charge in [0.1, 0.15) is 11.7 Å². The number of pyridine rings is 1. The van der Waals surface area contributed by atoms with Gasteiger partial charge in [0.05, 0.1) is 132 Å². The number of fused-ring (bicyclic) bond motifs is 7. The predicted octanol–water partition coefficient (Wildman–Crippen LogP) is 3.55. The van der Waals surface area contributed by atoms with Gasteiger partial charge in [0.2, 0.25) is 23.6 Å². The van der Waals surface area contributed by atoms with Crippen molar-refractivity contribution in [1.82, 2.24) is 30.2 Å². The summed E-state index contributed by atoms with van der Waals surface area (Å²) in [6, 6.07) is 17.9. The minimum atomic E-state index is -1.03. The van der Waals surface area contributed by atoms with Gasteiger partial charge in [-0.1, -0.05) is 35.6 Å². The number of imide groups is 3. The summed E-state index contributed by atoms with van der Waals surface area (Å²) in [5.74, 6) is -3.22. The van der Waals surface area contributed by atoms with Crippen LogP contribution < -0.4 is 20.9 Å². The van der Waals surface area contributed by atoms with Gasteiger partial charge in [-0.3, -0.25) is 53.7 Å². The molecule has 0 radical (unpaired) electrons. The van der Waals surface area contributed by atoms with Crippen molar-refractivity contribution in [2.24, 2.45) is 23.7 Å². The molecule has 2 aromatic heterocycles. The van der Waals surface area contributed by atoms with Gasteiger partial charge in [0.25, 0.3) is 17.7 Å². The molecular formula is C54H57N9O13. The average Bonchev–Trinajstić information content (AvgIpc) is 4.34. The molecule has 76 heavy (non-hydrogen) atoms. The van der Waals surface area contributed by atoms with Crippen LogP contribution in [0.5, 0.6) is 0 Å². The molecular weight excluding hydrogens is 983 g/mol. The van der Waals surface area contributed by atoms with E-state index < -0.39 is 29.7 Å². The summed E-state index contributed by atoms with van der Waals surface area (Å²) in [5, 5.41) is 17.7. The summed E-state index contributed by atoms with van der Waals surface area (Å²) in [6.45, 7) is 5.19. The second-order valence-electron chi connectivity index (χ2n) is 18.8. The molecule has 5 aliphatic rings. The third kappa shape index (κ3) is 11.3. The molecule has 3 N–H and O–H groups in total. The van der Waals surface area contributed by atoms with Crippen LogP contribution in [-0.4, -0.2) is 151 Å². The van der Waals surface area contributed by atoms with E-state index in [9.17, 15) is 33.6 Å². The third-order valence-electron chi connectivity index (χ3n) is 14.0. The van der Waals surface area contributed by atoms with E-state index in [0.29, 0.717) is 120 Å². The summed E-state index contributed by atoms with van der Waals surface area (Å²) < 4.78 is 35.4. The largest absolute Gasteiger partial charge is 0.382 e. The fourth-order valence-corrected chi connectivity index (χ4v) is 10.4. The maximum Gasteiger partial charge on any atom is 0.264 e. The number of ether oxygens (including phenoxy) is 6. The maximum atomic E-state index is 13.4. The molecule has 7 amide bonds. The van der Waals surface area contributed by atoms with Crippen molar-refractivity contribution < 1.29 is 62.0 Å². The average molecular weight is 1040 g/mol. The van der Waals surface area contributed by atoms with Crippen molar-refractivity contribution in [3.63, 3.8) is 0 Å². The molecule has 10 rings (SSSR count). The van der Waals surface area contributed by atoms with Gasteiger partial charge in [-0.2, -0.15) is 0 Å². The van der Waals surface area contributed by atoms with Crippen LogP contribution in [0, 0.1) is 23.7 Å². The Morgan fingerprint density at radius 3 is 2.00 bits per heavy atom. The summed E-state index contributed by atoms with van der Waals surface area (Å²) in [4.78, 5) is 97.0. The number of nitrogens with zero attached hydrogens (tertiary/aromatic N) is 6. The molecule has 3 fully saturated rings. The van der Waals surface area contributed by atoms with Gasteiger partial charge in [0.15, 0.2) is 0 Å². The van der Waals surface area contributed by atoms with Crippen LogP contribution in [0.15, 0.2) is 91.3 Å². The number of nitrogens with one attached hydrogen (secondary N) is 3. The molecule has 2 saturated heterocycles. The quantitative estimate of drug-likeness (QED) is 0.0386. The van der Waals surface area contributed by atoms with E-state index in [0.717, 1.165) is 22.3 Å². The van der Waals surface area contributed by atoms with Crippen LogP contribution >= 0.6 is 0 Å². The summed E-state index contributed by atoms with van der Waals surface area (Å²) in [5.41, 5.74) is 4.45. The van der Waals surface area contributed by atoms with E-state index in [1.807, 2.05) is 24.4 Å². The molecule has 2 aliphatic carbocycles. The number of aromatic nitrogens is 4. The zero-order chi connectivity index (χ0) is 52.5. The molecule has 2 bridgehead atoms. The van der Waals surface area contributed by atoms with E-state index in [1.165, 1.54) is 4.90 Å². The zero-order valence-corrected chi connectivity index (χ0v) is 41.6. The summed E-state index contributed by atoms with van der Waals surface area (Å²) >= 11 is 0.